The number of hydrogen-bond donors (Lipinski definition) is 2. The summed E-state index contributed by atoms with van der Waals surface area (Å²) in [4.78, 5) is 16.7. The van der Waals surface area contributed by atoms with Crippen molar-refractivity contribution in [1.82, 2.24) is 29.7 Å². The molecule has 3 heterocycles. The summed E-state index contributed by atoms with van der Waals surface area (Å²) in [7, 11) is 1.88. The van der Waals surface area contributed by atoms with Crippen LogP contribution in [0.5, 0.6) is 0 Å². The number of benzene rings is 1. The van der Waals surface area contributed by atoms with Crippen LogP contribution in [0.1, 0.15) is 23.2 Å². The highest BCUT2D eigenvalue weighted by Crippen LogP contribution is 2.24. The highest BCUT2D eigenvalue weighted by atomic mass is 16.1. The molecule has 5 rings (SSSR count). The Bertz CT molecular complexity index is 1150. The molecule has 1 aliphatic carbocycles. The summed E-state index contributed by atoms with van der Waals surface area (Å²) in [6.45, 7) is 0. The van der Waals surface area contributed by atoms with Crippen LogP contribution in [0.25, 0.3) is 16.8 Å². The van der Waals surface area contributed by atoms with Crippen LogP contribution < -0.4 is 10.6 Å². The van der Waals surface area contributed by atoms with Crippen molar-refractivity contribution in [3.05, 3.63) is 60.6 Å². The number of amides is 1. The lowest BCUT2D eigenvalue weighted by Crippen LogP contribution is -2.25. The third kappa shape index (κ3) is 3.20. The lowest BCUT2D eigenvalue weighted by molar-refractivity contribution is 0.0951. The van der Waals surface area contributed by atoms with Gasteiger partial charge in [-0.2, -0.15) is 10.1 Å². The Balaban J connectivity index is 1.38. The minimum atomic E-state index is -0.0268. The van der Waals surface area contributed by atoms with Crippen molar-refractivity contribution in [3.8, 4) is 11.1 Å². The number of fused-ring (bicyclic) bond motifs is 1. The van der Waals surface area contributed by atoms with Gasteiger partial charge in [-0.25, -0.2) is 4.52 Å². The number of aryl methyl sites for hydroxylation is 1. The maximum Gasteiger partial charge on any atom is 0.251 e. The van der Waals surface area contributed by atoms with E-state index in [1.165, 1.54) is 0 Å². The molecule has 1 amide bonds. The molecule has 4 aromatic rings. The molecule has 1 aromatic carbocycles. The van der Waals surface area contributed by atoms with E-state index in [4.69, 9.17) is 0 Å². The number of rotatable bonds is 5. The van der Waals surface area contributed by atoms with Crippen molar-refractivity contribution in [2.45, 2.75) is 18.9 Å². The normalized spacial score (nSPS) is 13.6. The zero-order chi connectivity index (χ0) is 19.1. The zero-order valence-corrected chi connectivity index (χ0v) is 15.3. The number of carbonyl (C=O) groups is 1. The molecule has 0 aliphatic heterocycles. The minimum Gasteiger partial charge on any atom is -0.349 e. The van der Waals surface area contributed by atoms with E-state index >= 15 is 0 Å². The lowest BCUT2D eigenvalue weighted by atomic mass is 10.1. The molecule has 0 bridgehead atoms. The quantitative estimate of drug-likeness (QED) is 0.561. The fourth-order valence-corrected chi connectivity index (χ4v) is 3.08. The van der Waals surface area contributed by atoms with Gasteiger partial charge in [0, 0.05) is 47.9 Å². The first kappa shape index (κ1) is 16.5. The second-order valence-electron chi connectivity index (χ2n) is 6.98. The fraction of sp³-hybridized carbons (Fsp3) is 0.200. The molecule has 0 unspecified atom stereocenters. The molecule has 2 N–H and O–H groups in total. The summed E-state index contributed by atoms with van der Waals surface area (Å²) in [5.41, 5.74) is 4.17. The van der Waals surface area contributed by atoms with Gasteiger partial charge in [0.25, 0.3) is 5.91 Å². The average molecular weight is 373 g/mol. The topological polar surface area (TPSA) is 89.1 Å². The van der Waals surface area contributed by atoms with Crippen molar-refractivity contribution in [3.63, 3.8) is 0 Å². The maximum absolute atomic E-state index is 12.1. The standard InChI is InChI=1S/C20H19N7O/c1-26-12-14(11-21-26)17-3-2-10-27-18(17)24-20(25-27)23-16-6-4-13(5-7-16)19(28)22-15-8-9-15/h2-7,10-12,15H,8-9H2,1H3,(H,22,28)(H,23,25). The first-order chi connectivity index (χ1) is 13.7. The van der Waals surface area contributed by atoms with E-state index in [1.54, 1.807) is 21.3 Å². The second kappa shape index (κ2) is 6.49. The SMILES string of the molecule is Cn1cc(-c2cccn3nc(Nc4ccc(C(=O)NC5CC5)cc4)nc23)cn1. The number of aromatic nitrogens is 5. The molecule has 1 fully saturated rings. The zero-order valence-electron chi connectivity index (χ0n) is 15.3. The van der Waals surface area contributed by atoms with Crippen LogP contribution in [-0.4, -0.2) is 36.3 Å². The first-order valence-corrected chi connectivity index (χ1v) is 9.18. The highest BCUT2D eigenvalue weighted by Gasteiger charge is 2.23. The van der Waals surface area contributed by atoms with E-state index in [9.17, 15) is 4.79 Å². The Labute approximate surface area is 161 Å². The van der Waals surface area contributed by atoms with E-state index in [2.05, 4.69) is 25.8 Å². The molecule has 8 heteroatoms. The molecule has 140 valence electrons. The summed E-state index contributed by atoms with van der Waals surface area (Å²) >= 11 is 0. The lowest BCUT2D eigenvalue weighted by Gasteiger charge is -2.05. The van der Waals surface area contributed by atoms with E-state index < -0.39 is 0 Å². The Morgan fingerprint density at radius 2 is 2.00 bits per heavy atom. The first-order valence-electron chi connectivity index (χ1n) is 9.18. The summed E-state index contributed by atoms with van der Waals surface area (Å²) < 4.78 is 3.50. The summed E-state index contributed by atoms with van der Waals surface area (Å²) in [6.07, 6.45) is 7.77. The van der Waals surface area contributed by atoms with Gasteiger partial charge in [-0.05, 0) is 49.2 Å². The largest absolute Gasteiger partial charge is 0.349 e. The van der Waals surface area contributed by atoms with Crippen LogP contribution in [-0.2, 0) is 7.05 Å². The molecule has 0 saturated heterocycles. The van der Waals surface area contributed by atoms with Gasteiger partial charge in [0.2, 0.25) is 5.95 Å². The molecule has 1 aliphatic rings. The van der Waals surface area contributed by atoms with Crippen LogP contribution in [0, 0.1) is 0 Å². The summed E-state index contributed by atoms with van der Waals surface area (Å²) in [6, 6.07) is 11.6. The van der Waals surface area contributed by atoms with Crippen LogP contribution in [0.15, 0.2) is 55.0 Å². The molecule has 28 heavy (non-hydrogen) atoms. The maximum atomic E-state index is 12.1. The number of hydrogen-bond acceptors (Lipinski definition) is 5. The number of nitrogens with zero attached hydrogens (tertiary/aromatic N) is 5. The molecular formula is C20H19N7O. The van der Waals surface area contributed by atoms with Gasteiger partial charge in [0.05, 0.1) is 6.20 Å². The predicted molar refractivity (Wildman–Crippen MR) is 105 cm³/mol. The number of pyridine rings is 1. The Morgan fingerprint density at radius 3 is 2.71 bits per heavy atom. The van der Waals surface area contributed by atoms with Crippen molar-refractivity contribution >= 4 is 23.2 Å². The Hall–Kier alpha value is -3.68. The highest BCUT2D eigenvalue weighted by molar-refractivity contribution is 5.95. The molecular weight excluding hydrogens is 354 g/mol. The summed E-state index contributed by atoms with van der Waals surface area (Å²) in [5.74, 6) is 0.465. The van der Waals surface area contributed by atoms with Crippen LogP contribution in [0.4, 0.5) is 11.6 Å². The van der Waals surface area contributed by atoms with Gasteiger partial charge in [-0.1, -0.05) is 0 Å². The average Bonchev–Trinajstić information content (AvgIpc) is 3.24. The predicted octanol–water partition coefficient (Wildman–Crippen LogP) is 2.77. The molecule has 1 saturated carbocycles. The van der Waals surface area contributed by atoms with Gasteiger partial charge in [0.15, 0.2) is 5.65 Å². The minimum absolute atomic E-state index is 0.0268. The van der Waals surface area contributed by atoms with Crippen LogP contribution >= 0.6 is 0 Å². The molecule has 0 atom stereocenters. The van der Waals surface area contributed by atoms with Crippen molar-refractivity contribution in [2.75, 3.05) is 5.32 Å². The smallest absolute Gasteiger partial charge is 0.251 e. The van der Waals surface area contributed by atoms with Gasteiger partial charge < -0.3 is 10.6 Å². The summed E-state index contributed by atoms with van der Waals surface area (Å²) in [5, 5.41) is 14.9. The van der Waals surface area contributed by atoms with Gasteiger partial charge in [-0.3, -0.25) is 9.48 Å². The Kier molecular flexibility index (Phi) is 3.82. The van der Waals surface area contributed by atoms with Gasteiger partial charge in [-0.15, -0.1) is 5.10 Å². The number of nitrogens with one attached hydrogen (secondary N) is 2. The molecule has 8 nitrogen and oxygen atoms in total. The monoisotopic (exact) mass is 373 g/mol. The van der Waals surface area contributed by atoms with E-state index in [-0.39, 0.29) is 5.91 Å². The van der Waals surface area contributed by atoms with E-state index in [1.807, 2.05) is 49.9 Å². The van der Waals surface area contributed by atoms with E-state index in [0.717, 1.165) is 35.3 Å². The third-order valence-corrected chi connectivity index (χ3v) is 4.69. The van der Waals surface area contributed by atoms with Crippen molar-refractivity contribution in [1.29, 1.82) is 0 Å². The van der Waals surface area contributed by atoms with Crippen molar-refractivity contribution < 1.29 is 4.79 Å². The van der Waals surface area contributed by atoms with Crippen LogP contribution in [0.3, 0.4) is 0 Å². The van der Waals surface area contributed by atoms with Crippen LogP contribution in [0.2, 0.25) is 0 Å². The molecule has 3 aromatic heterocycles. The number of anilines is 2. The van der Waals surface area contributed by atoms with Crippen molar-refractivity contribution in [2.24, 2.45) is 7.05 Å². The Morgan fingerprint density at radius 1 is 1.18 bits per heavy atom. The van der Waals surface area contributed by atoms with E-state index in [0.29, 0.717) is 17.6 Å². The third-order valence-electron chi connectivity index (χ3n) is 4.69. The van der Waals surface area contributed by atoms with Gasteiger partial charge >= 0.3 is 0 Å². The van der Waals surface area contributed by atoms with Gasteiger partial charge in [0.1, 0.15) is 0 Å². The fourth-order valence-electron chi connectivity index (χ4n) is 3.08. The number of carbonyl (C=O) groups excluding carboxylic acids is 1. The molecule has 0 spiro atoms. The molecule has 0 radical (unpaired) electrons. The second-order valence-corrected chi connectivity index (χ2v) is 6.98.